The van der Waals surface area contributed by atoms with Crippen LogP contribution in [0.2, 0.25) is 10.2 Å². The van der Waals surface area contributed by atoms with E-state index >= 15 is 0 Å². The Morgan fingerprint density at radius 3 is 2.75 bits per heavy atom. The van der Waals surface area contributed by atoms with Gasteiger partial charge in [0.05, 0.1) is 11.6 Å². The van der Waals surface area contributed by atoms with E-state index in [1.807, 2.05) is 0 Å². The number of halogens is 2. The minimum absolute atomic E-state index is 0.0285. The minimum atomic E-state index is -0.567. The van der Waals surface area contributed by atoms with Gasteiger partial charge in [-0.3, -0.25) is 4.79 Å². The van der Waals surface area contributed by atoms with Crippen LogP contribution in [0.5, 0.6) is 5.75 Å². The van der Waals surface area contributed by atoms with Gasteiger partial charge in [-0.05, 0) is 18.2 Å². The molecule has 7 heteroatoms. The smallest absolute Gasteiger partial charge is 0.235 e. The summed E-state index contributed by atoms with van der Waals surface area (Å²) in [4.78, 5) is 16.2. The predicted molar refractivity (Wildman–Crippen MR) is 76.4 cm³/mol. The summed E-state index contributed by atoms with van der Waals surface area (Å²) in [6.45, 7) is 0. The fourth-order valence-electron chi connectivity index (χ4n) is 1.91. The average molecular weight is 311 g/mol. The van der Waals surface area contributed by atoms with Gasteiger partial charge in [-0.1, -0.05) is 23.2 Å². The van der Waals surface area contributed by atoms with Crippen molar-refractivity contribution in [1.82, 2.24) is 9.55 Å². The second-order valence-corrected chi connectivity index (χ2v) is 5.04. The molecule has 3 aromatic rings. The summed E-state index contributed by atoms with van der Waals surface area (Å²) in [5, 5.41) is 11.0. The van der Waals surface area contributed by atoms with Crippen LogP contribution in [-0.2, 0) is 7.05 Å². The molecule has 3 rings (SSSR count). The van der Waals surface area contributed by atoms with E-state index in [9.17, 15) is 9.90 Å². The van der Waals surface area contributed by atoms with Gasteiger partial charge in [-0.15, -0.1) is 0 Å². The van der Waals surface area contributed by atoms with Crippen molar-refractivity contribution in [2.75, 3.05) is 0 Å². The van der Waals surface area contributed by atoms with Gasteiger partial charge in [-0.2, -0.15) is 0 Å². The fourth-order valence-corrected chi connectivity index (χ4v) is 2.21. The van der Waals surface area contributed by atoms with Gasteiger partial charge in [0.1, 0.15) is 10.7 Å². The van der Waals surface area contributed by atoms with Crippen molar-refractivity contribution < 1.29 is 9.52 Å². The van der Waals surface area contributed by atoms with Crippen LogP contribution in [0.3, 0.4) is 0 Å². The molecule has 0 atom stereocenters. The van der Waals surface area contributed by atoms with E-state index in [1.165, 1.54) is 16.8 Å². The second kappa shape index (κ2) is 4.54. The monoisotopic (exact) mass is 310 g/mol. The zero-order chi connectivity index (χ0) is 14.4. The van der Waals surface area contributed by atoms with Crippen LogP contribution < -0.4 is 5.43 Å². The lowest BCUT2D eigenvalue weighted by atomic mass is 10.2. The molecule has 1 N–H and O–H groups in total. The number of fused-ring (bicyclic) bond motifs is 1. The maximum absolute atomic E-state index is 12.2. The summed E-state index contributed by atoms with van der Waals surface area (Å²) in [6, 6.07) is 4.60. The molecule has 0 spiro atoms. The predicted octanol–water partition coefficient (Wildman–Crippen LogP) is 3.21. The van der Waals surface area contributed by atoms with Gasteiger partial charge in [0.2, 0.25) is 16.9 Å². The van der Waals surface area contributed by atoms with Gasteiger partial charge >= 0.3 is 0 Å². The molecule has 102 valence electrons. The van der Waals surface area contributed by atoms with Crippen molar-refractivity contribution >= 4 is 34.2 Å². The van der Waals surface area contributed by atoms with Crippen LogP contribution in [0.1, 0.15) is 0 Å². The first kappa shape index (κ1) is 13.0. The number of benzene rings is 1. The van der Waals surface area contributed by atoms with Crippen LogP contribution in [0.15, 0.2) is 33.6 Å². The number of hydrogen-bond acceptors (Lipinski definition) is 4. The van der Waals surface area contributed by atoms with Gasteiger partial charge in [0, 0.05) is 12.1 Å². The van der Waals surface area contributed by atoms with Crippen LogP contribution in [0.25, 0.3) is 22.6 Å². The number of hydrogen-bond donors (Lipinski definition) is 1. The third kappa shape index (κ3) is 1.87. The van der Waals surface area contributed by atoms with Crippen LogP contribution in [-0.4, -0.2) is 14.7 Å². The molecule has 2 heterocycles. The number of aromatic hydroxyl groups is 1. The van der Waals surface area contributed by atoms with Crippen molar-refractivity contribution in [2.24, 2.45) is 7.05 Å². The van der Waals surface area contributed by atoms with Crippen LogP contribution >= 0.6 is 23.2 Å². The third-order valence-electron chi connectivity index (χ3n) is 2.96. The Labute approximate surface area is 123 Å². The lowest BCUT2D eigenvalue weighted by molar-refractivity contribution is 0.447. The van der Waals surface area contributed by atoms with Gasteiger partial charge in [0.25, 0.3) is 0 Å². The zero-order valence-electron chi connectivity index (χ0n) is 10.2. The van der Waals surface area contributed by atoms with Crippen molar-refractivity contribution in [3.05, 3.63) is 44.8 Å². The minimum Gasteiger partial charge on any atom is -0.501 e. The van der Waals surface area contributed by atoms with Gasteiger partial charge in [-0.25, -0.2) is 4.98 Å². The molecule has 0 fully saturated rings. The first-order valence-electron chi connectivity index (χ1n) is 5.62. The van der Waals surface area contributed by atoms with Crippen molar-refractivity contribution in [3.8, 4) is 17.3 Å². The molecule has 1 aromatic carbocycles. The van der Waals surface area contributed by atoms with Crippen molar-refractivity contribution in [1.29, 1.82) is 0 Å². The molecule has 0 aliphatic heterocycles. The van der Waals surface area contributed by atoms with E-state index in [2.05, 4.69) is 4.98 Å². The second-order valence-electron chi connectivity index (χ2n) is 4.21. The molecular formula is C13H8Cl2N2O3. The quantitative estimate of drug-likeness (QED) is 0.749. The Balaban J connectivity index is 2.38. The lowest BCUT2D eigenvalue weighted by Gasteiger charge is -2.06. The molecule has 0 saturated heterocycles. The summed E-state index contributed by atoms with van der Waals surface area (Å²) in [7, 11) is 1.65. The Morgan fingerprint density at radius 1 is 1.35 bits per heavy atom. The maximum atomic E-state index is 12.2. The highest BCUT2D eigenvalue weighted by Crippen LogP contribution is 2.30. The Hall–Kier alpha value is -1.98. The number of rotatable bonds is 1. The van der Waals surface area contributed by atoms with Gasteiger partial charge in [0.15, 0.2) is 5.82 Å². The van der Waals surface area contributed by atoms with E-state index in [0.29, 0.717) is 15.8 Å². The van der Waals surface area contributed by atoms with E-state index in [4.69, 9.17) is 27.6 Å². The van der Waals surface area contributed by atoms with Crippen molar-refractivity contribution in [2.45, 2.75) is 0 Å². The normalized spacial score (nSPS) is 11.2. The van der Waals surface area contributed by atoms with E-state index in [0.717, 1.165) is 0 Å². The summed E-state index contributed by atoms with van der Waals surface area (Å²) in [5.41, 5.74) is -0.255. The SMILES string of the molecule is Cn1c(Cl)cnc1-c1oc2ccc(Cl)cc2c(=O)c1O. The van der Waals surface area contributed by atoms with E-state index < -0.39 is 11.2 Å². The molecule has 5 nitrogen and oxygen atoms in total. The summed E-state index contributed by atoms with van der Waals surface area (Å²) >= 11 is 11.7. The lowest BCUT2D eigenvalue weighted by Crippen LogP contribution is -2.04. The molecule has 0 bridgehead atoms. The molecule has 0 aliphatic carbocycles. The number of nitrogens with zero attached hydrogens (tertiary/aromatic N) is 2. The first-order valence-corrected chi connectivity index (χ1v) is 6.37. The van der Waals surface area contributed by atoms with E-state index in [-0.39, 0.29) is 17.0 Å². The molecular weight excluding hydrogens is 303 g/mol. The summed E-state index contributed by atoms with van der Waals surface area (Å²) in [5.74, 6) is -0.286. The van der Waals surface area contributed by atoms with E-state index in [1.54, 1.807) is 19.2 Å². The van der Waals surface area contributed by atoms with Crippen LogP contribution in [0.4, 0.5) is 0 Å². The molecule has 0 radical (unpaired) electrons. The highest BCUT2D eigenvalue weighted by Gasteiger charge is 2.19. The van der Waals surface area contributed by atoms with Crippen molar-refractivity contribution in [3.63, 3.8) is 0 Å². The topological polar surface area (TPSA) is 68.3 Å². The molecule has 0 unspecified atom stereocenters. The van der Waals surface area contributed by atoms with Crippen LogP contribution in [0, 0.1) is 0 Å². The average Bonchev–Trinajstić information content (AvgIpc) is 2.75. The Morgan fingerprint density at radius 2 is 2.10 bits per heavy atom. The fraction of sp³-hybridized carbons (Fsp3) is 0.0769. The summed E-state index contributed by atoms with van der Waals surface area (Å²) < 4.78 is 7.06. The Bertz CT molecular complexity index is 883. The highest BCUT2D eigenvalue weighted by molar-refractivity contribution is 6.31. The third-order valence-corrected chi connectivity index (χ3v) is 3.55. The first-order chi connectivity index (χ1) is 9.49. The Kier molecular flexibility index (Phi) is 2.96. The summed E-state index contributed by atoms with van der Waals surface area (Å²) in [6.07, 6.45) is 1.41. The number of aromatic nitrogens is 2. The number of imidazole rings is 1. The maximum Gasteiger partial charge on any atom is 0.235 e. The molecule has 0 aliphatic rings. The van der Waals surface area contributed by atoms with Gasteiger partial charge < -0.3 is 14.1 Å². The molecule has 0 saturated carbocycles. The largest absolute Gasteiger partial charge is 0.501 e. The highest BCUT2D eigenvalue weighted by atomic mass is 35.5. The standard InChI is InChI=1S/C13H8Cl2N2O3/c1-17-9(15)5-16-13(17)12-11(19)10(18)7-4-6(14)2-3-8(7)20-12/h2-5,19H,1H3. The zero-order valence-corrected chi connectivity index (χ0v) is 11.7. The molecule has 0 amide bonds. The molecule has 20 heavy (non-hydrogen) atoms. The molecule has 2 aromatic heterocycles.